The van der Waals surface area contributed by atoms with Crippen LogP contribution in [0.15, 0.2) is 26.4 Å². The fourth-order valence-electron chi connectivity index (χ4n) is 1.25. The van der Waals surface area contributed by atoms with Gasteiger partial charge in [0.1, 0.15) is 11.3 Å². The molecule has 0 aliphatic rings. The van der Waals surface area contributed by atoms with Crippen molar-refractivity contribution in [1.82, 2.24) is 10.2 Å². The van der Waals surface area contributed by atoms with E-state index in [4.69, 9.17) is 14.6 Å². The minimum absolute atomic E-state index is 0.196. The summed E-state index contributed by atoms with van der Waals surface area (Å²) < 4.78 is 15.1. The number of hydrogen-bond acceptors (Lipinski definition) is 8. The van der Waals surface area contributed by atoms with Gasteiger partial charge < -0.3 is 19.3 Å². The summed E-state index contributed by atoms with van der Waals surface area (Å²) in [5, 5.41) is 7.89. The lowest BCUT2D eigenvalue weighted by molar-refractivity contribution is 0.0598. The molecule has 18 heavy (non-hydrogen) atoms. The first-order chi connectivity index (χ1) is 8.74. The number of aromatic nitrogens is 2. The van der Waals surface area contributed by atoms with E-state index < -0.39 is 5.97 Å². The van der Waals surface area contributed by atoms with Gasteiger partial charge in [-0.05, 0) is 6.07 Å². The molecule has 2 aromatic rings. The number of rotatable bonds is 5. The number of ether oxygens (including phenoxy) is 1. The molecule has 2 N–H and O–H groups in total. The maximum absolute atomic E-state index is 11.4. The van der Waals surface area contributed by atoms with Crippen molar-refractivity contribution in [1.29, 1.82) is 0 Å². The first-order valence-electron chi connectivity index (χ1n) is 5.04. The van der Waals surface area contributed by atoms with Crippen LogP contribution in [0.25, 0.3) is 0 Å². The number of esters is 1. The summed E-state index contributed by atoms with van der Waals surface area (Å²) in [6, 6.07) is 1.56. The fourth-order valence-corrected chi connectivity index (χ4v) is 1.98. The molecule has 0 aliphatic carbocycles. The SMILES string of the molecule is COC(=O)c1ccoc1CSc1nnc(CN)o1. The Morgan fingerprint density at radius 2 is 2.39 bits per heavy atom. The quantitative estimate of drug-likeness (QED) is 0.637. The van der Waals surface area contributed by atoms with Gasteiger partial charge in [-0.1, -0.05) is 11.8 Å². The molecule has 0 bridgehead atoms. The van der Waals surface area contributed by atoms with Gasteiger partial charge in [-0.3, -0.25) is 0 Å². The fraction of sp³-hybridized carbons (Fsp3) is 0.300. The monoisotopic (exact) mass is 269 g/mol. The molecule has 0 aliphatic heterocycles. The second-order valence-electron chi connectivity index (χ2n) is 3.20. The molecule has 0 unspecified atom stereocenters. The molecule has 0 aromatic carbocycles. The zero-order chi connectivity index (χ0) is 13.0. The topological polar surface area (TPSA) is 104 Å². The van der Waals surface area contributed by atoms with Crippen LogP contribution in [0.5, 0.6) is 0 Å². The van der Waals surface area contributed by atoms with Crippen LogP contribution < -0.4 is 5.73 Å². The Hall–Kier alpha value is -1.80. The molecule has 0 radical (unpaired) electrons. The molecule has 2 aromatic heterocycles. The zero-order valence-electron chi connectivity index (χ0n) is 9.58. The van der Waals surface area contributed by atoms with E-state index in [-0.39, 0.29) is 6.54 Å². The van der Waals surface area contributed by atoms with Gasteiger partial charge in [0.2, 0.25) is 5.89 Å². The van der Waals surface area contributed by atoms with Crippen LogP contribution in [0.3, 0.4) is 0 Å². The second kappa shape index (κ2) is 5.69. The van der Waals surface area contributed by atoms with E-state index in [1.165, 1.54) is 25.1 Å². The van der Waals surface area contributed by atoms with Crippen LogP contribution >= 0.6 is 11.8 Å². The van der Waals surface area contributed by atoms with Crippen molar-refractivity contribution in [2.45, 2.75) is 17.5 Å². The van der Waals surface area contributed by atoms with Crippen LogP contribution in [0.2, 0.25) is 0 Å². The third-order valence-electron chi connectivity index (χ3n) is 2.10. The minimum atomic E-state index is -0.437. The predicted molar refractivity (Wildman–Crippen MR) is 61.8 cm³/mol. The van der Waals surface area contributed by atoms with Gasteiger partial charge in [0, 0.05) is 0 Å². The highest BCUT2D eigenvalue weighted by molar-refractivity contribution is 7.98. The molecule has 0 fully saturated rings. The zero-order valence-corrected chi connectivity index (χ0v) is 10.4. The predicted octanol–water partition coefficient (Wildman–Crippen LogP) is 1.20. The third-order valence-corrected chi connectivity index (χ3v) is 2.92. The molecule has 0 saturated carbocycles. The second-order valence-corrected chi connectivity index (χ2v) is 4.13. The molecule has 0 amide bonds. The van der Waals surface area contributed by atoms with Gasteiger partial charge in [-0.15, -0.1) is 10.2 Å². The van der Waals surface area contributed by atoms with E-state index >= 15 is 0 Å². The summed E-state index contributed by atoms with van der Waals surface area (Å²) in [6.45, 7) is 0.196. The Kier molecular flexibility index (Phi) is 4.00. The van der Waals surface area contributed by atoms with Gasteiger partial charge in [-0.25, -0.2) is 4.79 Å². The summed E-state index contributed by atoms with van der Waals surface area (Å²) in [7, 11) is 1.32. The van der Waals surface area contributed by atoms with E-state index in [0.717, 1.165) is 0 Å². The lowest BCUT2D eigenvalue weighted by Gasteiger charge is -1.98. The van der Waals surface area contributed by atoms with E-state index in [1.807, 2.05) is 0 Å². The van der Waals surface area contributed by atoms with Crippen molar-refractivity contribution >= 4 is 17.7 Å². The maximum Gasteiger partial charge on any atom is 0.341 e. The van der Waals surface area contributed by atoms with Gasteiger partial charge in [-0.2, -0.15) is 0 Å². The lowest BCUT2D eigenvalue weighted by Crippen LogP contribution is -2.02. The van der Waals surface area contributed by atoms with Crippen LogP contribution in [0.1, 0.15) is 22.0 Å². The first kappa shape index (κ1) is 12.7. The number of carbonyl (C=O) groups excluding carboxylic acids is 1. The van der Waals surface area contributed by atoms with Crippen molar-refractivity contribution in [2.24, 2.45) is 5.73 Å². The number of hydrogen-bond donors (Lipinski definition) is 1. The Morgan fingerprint density at radius 1 is 1.56 bits per heavy atom. The van der Waals surface area contributed by atoms with E-state index in [1.54, 1.807) is 6.07 Å². The smallest absolute Gasteiger partial charge is 0.341 e. The number of methoxy groups -OCH3 is 1. The highest BCUT2D eigenvalue weighted by Crippen LogP contribution is 2.24. The third kappa shape index (κ3) is 2.71. The number of thioether (sulfide) groups is 1. The highest BCUT2D eigenvalue weighted by Gasteiger charge is 2.16. The molecule has 0 atom stereocenters. The summed E-state index contributed by atoms with van der Waals surface area (Å²) in [4.78, 5) is 11.4. The molecule has 2 rings (SSSR count). The summed E-state index contributed by atoms with van der Waals surface area (Å²) in [5.74, 6) is 0.820. The van der Waals surface area contributed by atoms with Crippen LogP contribution in [0, 0.1) is 0 Å². The molecule has 7 nitrogen and oxygen atoms in total. The Bertz CT molecular complexity index is 537. The summed E-state index contributed by atoms with van der Waals surface area (Å²) >= 11 is 1.26. The Labute approximate surface area is 107 Å². The van der Waals surface area contributed by atoms with E-state index in [0.29, 0.717) is 28.2 Å². The first-order valence-corrected chi connectivity index (χ1v) is 6.03. The average Bonchev–Trinajstić information content (AvgIpc) is 3.03. The van der Waals surface area contributed by atoms with Crippen LogP contribution in [-0.2, 0) is 17.0 Å². The van der Waals surface area contributed by atoms with Gasteiger partial charge >= 0.3 is 5.97 Å². The molecule has 96 valence electrons. The Morgan fingerprint density at radius 3 is 3.06 bits per heavy atom. The van der Waals surface area contributed by atoms with Crippen molar-refractivity contribution in [3.8, 4) is 0 Å². The Balaban J connectivity index is 2.02. The molecular formula is C10H11N3O4S. The van der Waals surface area contributed by atoms with Gasteiger partial charge in [0.25, 0.3) is 5.22 Å². The van der Waals surface area contributed by atoms with Gasteiger partial charge in [0.05, 0.1) is 25.7 Å². The molecule has 0 spiro atoms. The minimum Gasteiger partial charge on any atom is -0.468 e. The van der Waals surface area contributed by atoms with Crippen LogP contribution in [0.4, 0.5) is 0 Å². The number of nitrogens with two attached hydrogens (primary N) is 1. The number of carbonyl (C=O) groups is 1. The number of nitrogens with zero attached hydrogens (tertiary/aromatic N) is 2. The average molecular weight is 269 g/mol. The van der Waals surface area contributed by atoms with Crippen LogP contribution in [-0.4, -0.2) is 23.3 Å². The molecule has 8 heteroatoms. The molecular weight excluding hydrogens is 258 g/mol. The van der Waals surface area contributed by atoms with E-state index in [2.05, 4.69) is 14.9 Å². The molecule has 0 saturated heterocycles. The maximum atomic E-state index is 11.4. The lowest BCUT2D eigenvalue weighted by atomic mass is 10.3. The van der Waals surface area contributed by atoms with Gasteiger partial charge in [0.15, 0.2) is 0 Å². The standard InChI is InChI=1S/C10H11N3O4S/c1-15-9(14)6-2-3-16-7(6)5-18-10-13-12-8(4-11)17-10/h2-3H,4-5,11H2,1H3. The summed E-state index contributed by atoms with van der Waals surface area (Å²) in [5.41, 5.74) is 5.74. The van der Waals surface area contributed by atoms with Crippen molar-refractivity contribution in [3.63, 3.8) is 0 Å². The van der Waals surface area contributed by atoms with Crippen molar-refractivity contribution in [2.75, 3.05) is 7.11 Å². The van der Waals surface area contributed by atoms with E-state index in [9.17, 15) is 4.79 Å². The number of furan rings is 1. The highest BCUT2D eigenvalue weighted by atomic mass is 32.2. The van der Waals surface area contributed by atoms with Crippen molar-refractivity contribution in [3.05, 3.63) is 29.5 Å². The molecule has 2 heterocycles. The largest absolute Gasteiger partial charge is 0.468 e. The van der Waals surface area contributed by atoms with Crippen molar-refractivity contribution < 1.29 is 18.4 Å². The normalized spacial score (nSPS) is 10.6. The summed E-state index contributed by atoms with van der Waals surface area (Å²) in [6.07, 6.45) is 1.43.